The zero-order valence-electron chi connectivity index (χ0n) is 12.8. The highest BCUT2D eigenvalue weighted by atomic mass is 19.1. The summed E-state index contributed by atoms with van der Waals surface area (Å²) >= 11 is 0. The van der Waals surface area contributed by atoms with Crippen LogP contribution in [0.2, 0.25) is 0 Å². The van der Waals surface area contributed by atoms with Crippen molar-refractivity contribution in [1.82, 2.24) is 15.5 Å². The molecule has 3 aromatic rings. The van der Waals surface area contributed by atoms with Crippen molar-refractivity contribution >= 4 is 5.91 Å². The molecule has 7 heteroatoms. The molecule has 24 heavy (non-hydrogen) atoms. The maximum atomic E-state index is 12.9. The minimum absolute atomic E-state index is 0.0745. The lowest BCUT2D eigenvalue weighted by atomic mass is 10.2. The van der Waals surface area contributed by atoms with Gasteiger partial charge in [-0.15, -0.1) is 0 Å². The first kappa shape index (κ1) is 15.7. The second-order valence-corrected chi connectivity index (χ2v) is 4.90. The van der Waals surface area contributed by atoms with Crippen molar-refractivity contribution in [3.63, 3.8) is 0 Å². The van der Waals surface area contributed by atoms with Gasteiger partial charge in [0, 0.05) is 5.56 Å². The van der Waals surface area contributed by atoms with Crippen LogP contribution in [0.3, 0.4) is 0 Å². The van der Waals surface area contributed by atoms with Gasteiger partial charge in [0.25, 0.3) is 5.91 Å². The van der Waals surface area contributed by atoms with E-state index in [1.54, 1.807) is 36.4 Å². The third kappa shape index (κ3) is 3.40. The number of nitrogens with zero attached hydrogens (tertiary/aromatic N) is 2. The summed E-state index contributed by atoms with van der Waals surface area (Å²) in [4.78, 5) is 16.4. The van der Waals surface area contributed by atoms with Crippen molar-refractivity contribution < 1.29 is 18.4 Å². The third-order valence-electron chi connectivity index (χ3n) is 3.32. The SMILES string of the molecule is COc1ccccc1C(=O)NCc1nc(-c2ccc(F)cc2)no1. The maximum Gasteiger partial charge on any atom is 0.255 e. The Hall–Kier alpha value is -3.22. The van der Waals surface area contributed by atoms with Gasteiger partial charge in [0.05, 0.1) is 19.2 Å². The minimum Gasteiger partial charge on any atom is -0.496 e. The lowest BCUT2D eigenvalue weighted by Crippen LogP contribution is -2.23. The number of benzene rings is 2. The van der Waals surface area contributed by atoms with Gasteiger partial charge in [-0.1, -0.05) is 17.3 Å². The Morgan fingerprint density at radius 1 is 1.21 bits per heavy atom. The maximum absolute atomic E-state index is 12.9. The van der Waals surface area contributed by atoms with E-state index in [0.717, 1.165) is 0 Å². The van der Waals surface area contributed by atoms with Gasteiger partial charge < -0.3 is 14.6 Å². The Balaban J connectivity index is 1.67. The summed E-state index contributed by atoms with van der Waals surface area (Å²) in [5, 5.41) is 6.50. The van der Waals surface area contributed by atoms with Gasteiger partial charge in [0.15, 0.2) is 0 Å². The minimum atomic E-state index is -0.341. The molecule has 1 amide bonds. The number of halogens is 1. The molecule has 1 heterocycles. The van der Waals surface area contributed by atoms with Crippen molar-refractivity contribution in [3.8, 4) is 17.1 Å². The average molecular weight is 327 g/mol. The number of amides is 1. The molecule has 3 rings (SSSR count). The van der Waals surface area contributed by atoms with Crippen LogP contribution in [0.4, 0.5) is 4.39 Å². The lowest BCUT2D eigenvalue weighted by Gasteiger charge is -2.07. The summed E-state index contributed by atoms with van der Waals surface area (Å²) < 4.78 is 23.2. The van der Waals surface area contributed by atoms with Crippen LogP contribution in [0.15, 0.2) is 53.1 Å². The molecule has 6 nitrogen and oxygen atoms in total. The molecule has 0 aliphatic carbocycles. The summed E-state index contributed by atoms with van der Waals surface area (Å²) in [5.41, 5.74) is 1.04. The number of hydrogen-bond acceptors (Lipinski definition) is 5. The standard InChI is InChI=1S/C17H14FN3O3/c1-23-14-5-3-2-4-13(14)17(22)19-10-15-20-16(21-24-15)11-6-8-12(18)9-7-11/h2-9H,10H2,1H3,(H,19,22). The second-order valence-electron chi connectivity index (χ2n) is 4.90. The van der Waals surface area contributed by atoms with Crippen LogP contribution in [0.1, 0.15) is 16.2 Å². The molecular weight excluding hydrogens is 313 g/mol. The first-order valence-electron chi connectivity index (χ1n) is 7.17. The molecule has 0 bridgehead atoms. The predicted molar refractivity (Wildman–Crippen MR) is 83.9 cm³/mol. The first-order valence-corrected chi connectivity index (χ1v) is 7.17. The molecule has 0 spiro atoms. The Labute approximate surface area is 137 Å². The highest BCUT2D eigenvalue weighted by molar-refractivity contribution is 5.96. The van der Waals surface area contributed by atoms with Crippen LogP contribution in [0.5, 0.6) is 5.75 Å². The number of aromatic nitrogens is 2. The molecule has 0 aliphatic rings. The van der Waals surface area contributed by atoms with Gasteiger partial charge >= 0.3 is 0 Å². The molecular formula is C17H14FN3O3. The van der Waals surface area contributed by atoms with E-state index in [9.17, 15) is 9.18 Å². The number of para-hydroxylation sites is 1. The van der Waals surface area contributed by atoms with E-state index in [0.29, 0.717) is 22.7 Å². The molecule has 2 aromatic carbocycles. The summed E-state index contributed by atoms with van der Waals surface area (Å²) in [6.45, 7) is 0.0745. The van der Waals surface area contributed by atoms with Crippen molar-refractivity contribution in [2.24, 2.45) is 0 Å². The van der Waals surface area contributed by atoms with Crippen LogP contribution >= 0.6 is 0 Å². The van der Waals surface area contributed by atoms with Crippen molar-refractivity contribution in [2.75, 3.05) is 7.11 Å². The Morgan fingerprint density at radius 2 is 1.96 bits per heavy atom. The Morgan fingerprint density at radius 3 is 2.71 bits per heavy atom. The second kappa shape index (κ2) is 6.91. The number of nitrogens with one attached hydrogen (secondary N) is 1. The fourth-order valence-electron chi connectivity index (χ4n) is 2.13. The molecule has 0 saturated heterocycles. The Bertz CT molecular complexity index is 846. The van der Waals surface area contributed by atoms with E-state index in [2.05, 4.69) is 15.5 Å². The monoisotopic (exact) mass is 327 g/mol. The smallest absolute Gasteiger partial charge is 0.255 e. The van der Waals surface area contributed by atoms with Crippen LogP contribution < -0.4 is 10.1 Å². The topological polar surface area (TPSA) is 77.2 Å². The molecule has 0 fully saturated rings. The highest BCUT2D eigenvalue weighted by Crippen LogP contribution is 2.18. The zero-order valence-corrected chi connectivity index (χ0v) is 12.8. The number of carbonyl (C=O) groups is 1. The van der Waals surface area contributed by atoms with Crippen LogP contribution in [-0.4, -0.2) is 23.2 Å². The van der Waals surface area contributed by atoms with Crippen LogP contribution in [0.25, 0.3) is 11.4 Å². The van der Waals surface area contributed by atoms with E-state index in [-0.39, 0.29) is 24.2 Å². The number of methoxy groups -OCH3 is 1. The normalized spacial score (nSPS) is 10.4. The molecule has 0 aliphatic heterocycles. The van der Waals surface area contributed by atoms with Gasteiger partial charge in [-0.3, -0.25) is 4.79 Å². The summed E-state index contributed by atoms with van der Waals surface area (Å²) in [7, 11) is 1.50. The van der Waals surface area contributed by atoms with Gasteiger partial charge in [-0.05, 0) is 36.4 Å². The molecule has 1 aromatic heterocycles. The highest BCUT2D eigenvalue weighted by Gasteiger charge is 2.13. The van der Waals surface area contributed by atoms with Gasteiger partial charge in [-0.25, -0.2) is 4.39 Å². The van der Waals surface area contributed by atoms with Crippen molar-refractivity contribution in [1.29, 1.82) is 0 Å². The summed E-state index contributed by atoms with van der Waals surface area (Å²) in [6.07, 6.45) is 0. The van der Waals surface area contributed by atoms with Gasteiger partial charge in [0.1, 0.15) is 11.6 Å². The number of ether oxygens (including phenoxy) is 1. The number of rotatable bonds is 5. The fourth-order valence-corrected chi connectivity index (χ4v) is 2.13. The molecule has 0 saturated carbocycles. The molecule has 1 N–H and O–H groups in total. The van der Waals surface area contributed by atoms with Crippen LogP contribution in [0, 0.1) is 5.82 Å². The quantitative estimate of drug-likeness (QED) is 0.780. The first-order chi connectivity index (χ1) is 11.7. The third-order valence-corrected chi connectivity index (χ3v) is 3.32. The van der Waals surface area contributed by atoms with E-state index in [1.807, 2.05) is 0 Å². The van der Waals surface area contributed by atoms with Gasteiger partial charge in [0.2, 0.25) is 11.7 Å². The molecule has 0 unspecified atom stereocenters. The van der Waals surface area contributed by atoms with E-state index < -0.39 is 0 Å². The van der Waals surface area contributed by atoms with E-state index in [4.69, 9.17) is 9.26 Å². The molecule has 0 atom stereocenters. The summed E-state index contributed by atoms with van der Waals surface area (Å²) in [5.74, 6) is 0.405. The fraction of sp³-hybridized carbons (Fsp3) is 0.118. The summed E-state index contributed by atoms with van der Waals surface area (Å²) in [6, 6.07) is 12.6. The van der Waals surface area contributed by atoms with E-state index in [1.165, 1.54) is 19.2 Å². The lowest BCUT2D eigenvalue weighted by molar-refractivity contribution is 0.0943. The van der Waals surface area contributed by atoms with Crippen LogP contribution in [-0.2, 0) is 6.54 Å². The number of carbonyl (C=O) groups excluding carboxylic acids is 1. The van der Waals surface area contributed by atoms with Gasteiger partial charge in [-0.2, -0.15) is 4.98 Å². The Kier molecular flexibility index (Phi) is 4.51. The largest absolute Gasteiger partial charge is 0.496 e. The van der Waals surface area contributed by atoms with Crippen molar-refractivity contribution in [2.45, 2.75) is 6.54 Å². The predicted octanol–water partition coefficient (Wildman–Crippen LogP) is 2.81. The zero-order chi connectivity index (χ0) is 16.9. The average Bonchev–Trinajstić information content (AvgIpc) is 3.09. The molecule has 0 radical (unpaired) electrons. The molecule has 122 valence electrons. The van der Waals surface area contributed by atoms with E-state index >= 15 is 0 Å². The van der Waals surface area contributed by atoms with Crippen molar-refractivity contribution in [3.05, 3.63) is 65.8 Å². The number of hydrogen-bond donors (Lipinski definition) is 1.